The fourth-order valence-corrected chi connectivity index (χ4v) is 3.35. The van der Waals surface area contributed by atoms with Gasteiger partial charge in [-0.15, -0.1) is 0 Å². The molecule has 0 heterocycles. The molecule has 0 saturated carbocycles. The topological polar surface area (TPSA) is 109 Å². The summed E-state index contributed by atoms with van der Waals surface area (Å²) in [4.78, 5) is 23.5. The van der Waals surface area contributed by atoms with Crippen LogP contribution in [-0.4, -0.2) is 24.1 Å². The molecule has 0 aromatic heterocycles. The van der Waals surface area contributed by atoms with Gasteiger partial charge in [0.2, 0.25) is 0 Å². The number of nitrogens with zero attached hydrogens (tertiary/aromatic N) is 1. The maximum Gasteiger partial charge on any atom is 0.335 e. The Bertz CT molecular complexity index is 1300. The summed E-state index contributed by atoms with van der Waals surface area (Å²) in [7, 11) is 1.47. The summed E-state index contributed by atoms with van der Waals surface area (Å²) in [6.07, 6.45) is 1.41. The van der Waals surface area contributed by atoms with Crippen molar-refractivity contribution in [1.29, 1.82) is 5.26 Å². The van der Waals surface area contributed by atoms with Crippen molar-refractivity contribution in [1.82, 2.24) is 0 Å². The number of amides is 1. The second-order valence-electron chi connectivity index (χ2n) is 6.95. The molecule has 0 aliphatic carbocycles. The van der Waals surface area contributed by atoms with Gasteiger partial charge in [0.25, 0.3) is 5.91 Å². The molecule has 34 heavy (non-hydrogen) atoms. The summed E-state index contributed by atoms with van der Waals surface area (Å²) in [6.45, 7) is 0.194. The summed E-state index contributed by atoms with van der Waals surface area (Å²) < 4.78 is 11.2. The average molecular weight is 497 g/mol. The highest BCUT2D eigenvalue weighted by molar-refractivity contribution is 6.36. The van der Waals surface area contributed by atoms with Gasteiger partial charge in [0, 0.05) is 5.02 Å². The van der Waals surface area contributed by atoms with Crippen LogP contribution in [0.4, 0.5) is 5.69 Å². The van der Waals surface area contributed by atoms with E-state index in [-0.39, 0.29) is 22.8 Å². The zero-order valence-electron chi connectivity index (χ0n) is 17.8. The van der Waals surface area contributed by atoms with Gasteiger partial charge in [0.1, 0.15) is 18.2 Å². The SMILES string of the molecule is COc1cc(/C=C(\C#N)C(=O)Nc2ccc(Cl)cc2Cl)ccc1OCc1ccc(C(=O)O)cc1. The van der Waals surface area contributed by atoms with Gasteiger partial charge in [-0.2, -0.15) is 5.26 Å². The Hall–Kier alpha value is -3.99. The number of nitriles is 1. The van der Waals surface area contributed by atoms with Crippen LogP contribution in [0.5, 0.6) is 11.5 Å². The minimum absolute atomic E-state index is 0.139. The monoisotopic (exact) mass is 496 g/mol. The Morgan fingerprint density at radius 2 is 1.79 bits per heavy atom. The second kappa shape index (κ2) is 11.2. The maximum absolute atomic E-state index is 12.5. The Balaban J connectivity index is 1.74. The molecule has 3 aromatic rings. The molecule has 2 N–H and O–H groups in total. The van der Waals surface area contributed by atoms with Gasteiger partial charge < -0.3 is 19.9 Å². The van der Waals surface area contributed by atoms with Crippen molar-refractivity contribution in [3.8, 4) is 17.6 Å². The summed E-state index contributed by atoms with van der Waals surface area (Å²) >= 11 is 11.9. The van der Waals surface area contributed by atoms with E-state index in [1.54, 1.807) is 42.5 Å². The fourth-order valence-electron chi connectivity index (χ4n) is 2.89. The zero-order valence-corrected chi connectivity index (χ0v) is 19.4. The van der Waals surface area contributed by atoms with E-state index >= 15 is 0 Å². The first-order valence-corrected chi connectivity index (χ1v) is 10.6. The number of hydrogen-bond acceptors (Lipinski definition) is 5. The molecule has 7 nitrogen and oxygen atoms in total. The lowest BCUT2D eigenvalue weighted by Gasteiger charge is -2.12. The van der Waals surface area contributed by atoms with Crippen molar-refractivity contribution in [2.24, 2.45) is 0 Å². The molecule has 0 spiro atoms. The third-order valence-corrected chi connectivity index (χ3v) is 5.19. The number of methoxy groups -OCH3 is 1. The van der Waals surface area contributed by atoms with Crippen LogP contribution in [0.15, 0.2) is 66.2 Å². The molecule has 0 radical (unpaired) electrons. The lowest BCUT2D eigenvalue weighted by atomic mass is 10.1. The van der Waals surface area contributed by atoms with E-state index in [0.29, 0.717) is 27.8 Å². The van der Waals surface area contributed by atoms with E-state index < -0.39 is 11.9 Å². The van der Waals surface area contributed by atoms with E-state index in [2.05, 4.69) is 5.32 Å². The lowest BCUT2D eigenvalue weighted by molar-refractivity contribution is -0.112. The number of carbonyl (C=O) groups is 2. The van der Waals surface area contributed by atoms with Gasteiger partial charge >= 0.3 is 5.97 Å². The van der Waals surface area contributed by atoms with Gasteiger partial charge in [-0.05, 0) is 59.7 Å². The molecular weight excluding hydrogens is 479 g/mol. The van der Waals surface area contributed by atoms with Crippen LogP contribution in [0, 0.1) is 11.3 Å². The van der Waals surface area contributed by atoms with Crippen LogP contribution in [-0.2, 0) is 11.4 Å². The first kappa shape index (κ1) is 24.6. The van der Waals surface area contributed by atoms with Gasteiger partial charge in [0.05, 0.1) is 23.4 Å². The highest BCUT2D eigenvalue weighted by Gasteiger charge is 2.13. The average Bonchev–Trinajstić information content (AvgIpc) is 2.83. The largest absolute Gasteiger partial charge is 0.493 e. The van der Waals surface area contributed by atoms with Gasteiger partial charge in [-0.3, -0.25) is 4.79 Å². The van der Waals surface area contributed by atoms with Crippen molar-refractivity contribution in [3.05, 3.63) is 93.0 Å². The van der Waals surface area contributed by atoms with Crippen molar-refractivity contribution in [2.45, 2.75) is 6.61 Å². The molecule has 0 aliphatic heterocycles. The summed E-state index contributed by atoms with van der Waals surface area (Å²) in [5.74, 6) is -0.789. The van der Waals surface area contributed by atoms with E-state index in [9.17, 15) is 14.9 Å². The van der Waals surface area contributed by atoms with E-state index in [0.717, 1.165) is 5.56 Å². The molecule has 3 rings (SSSR count). The third kappa shape index (κ3) is 6.29. The predicted octanol–water partition coefficient (Wildman–Crippen LogP) is 5.82. The Morgan fingerprint density at radius 3 is 2.41 bits per heavy atom. The number of carbonyl (C=O) groups excluding carboxylic acids is 1. The van der Waals surface area contributed by atoms with Gasteiger partial charge in [0.15, 0.2) is 11.5 Å². The highest BCUT2D eigenvalue weighted by Crippen LogP contribution is 2.30. The van der Waals surface area contributed by atoms with Crippen molar-refractivity contribution >= 4 is 46.8 Å². The molecule has 0 saturated heterocycles. The maximum atomic E-state index is 12.5. The number of rotatable bonds is 8. The number of aromatic carboxylic acids is 1. The smallest absolute Gasteiger partial charge is 0.335 e. The number of ether oxygens (including phenoxy) is 2. The summed E-state index contributed by atoms with van der Waals surface area (Å²) in [6, 6.07) is 17.8. The molecule has 172 valence electrons. The Kier molecular flexibility index (Phi) is 8.14. The van der Waals surface area contributed by atoms with E-state index in [4.69, 9.17) is 37.8 Å². The lowest BCUT2D eigenvalue weighted by Crippen LogP contribution is -2.13. The molecule has 0 bridgehead atoms. The summed E-state index contributed by atoms with van der Waals surface area (Å²) in [5, 5.41) is 21.7. The number of nitrogens with one attached hydrogen (secondary N) is 1. The van der Waals surface area contributed by atoms with E-state index in [1.807, 2.05) is 6.07 Å². The number of carboxylic acids is 1. The van der Waals surface area contributed by atoms with Crippen LogP contribution in [0.3, 0.4) is 0 Å². The minimum Gasteiger partial charge on any atom is -0.493 e. The molecular formula is C25H18Cl2N2O5. The quantitative estimate of drug-likeness (QED) is 0.300. The summed E-state index contributed by atoms with van der Waals surface area (Å²) in [5.41, 5.74) is 1.70. The highest BCUT2D eigenvalue weighted by atomic mass is 35.5. The molecule has 3 aromatic carbocycles. The first-order chi connectivity index (χ1) is 16.3. The third-order valence-electron chi connectivity index (χ3n) is 4.64. The number of anilines is 1. The Labute approximate surface area is 205 Å². The second-order valence-corrected chi connectivity index (χ2v) is 7.79. The number of benzene rings is 3. The number of carboxylic acid groups (broad SMARTS) is 1. The molecule has 0 unspecified atom stereocenters. The molecule has 0 aliphatic rings. The molecule has 0 fully saturated rings. The standard InChI is InChI=1S/C25H18Cl2N2O5/c1-33-23-11-16(4-9-22(23)34-14-15-2-5-17(6-3-15)25(31)32)10-18(13-28)24(30)29-21-8-7-19(26)12-20(21)27/h2-12H,14H2,1H3,(H,29,30)(H,31,32)/b18-10+. The zero-order chi connectivity index (χ0) is 24.7. The van der Waals surface area contributed by atoms with Crippen LogP contribution in [0.2, 0.25) is 10.0 Å². The first-order valence-electron chi connectivity index (χ1n) is 9.82. The Morgan fingerprint density at radius 1 is 1.06 bits per heavy atom. The molecule has 9 heteroatoms. The number of hydrogen-bond donors (Lipinski definition) is 2. The van der Waals surface area contributed by atoms with Crippen molar-refractivity contribution in [3.63, 3.8) is 0 Å². The van der Waals surface area contributed by atoms with E-state index in [1.165, 1.54) is 31.4 Å². The van der Waals surface area contributed by atoms with Gasteiger partial charge in [-0.25, -0.2) is 4.79 Å². The molecule has 1 amide bonds. The van der Waals surface area contributed by atoms with Crippen LogP contribution < -0.4 is 14.8 Å². The predicted molar refractivity (Wildman–Crippen MR) is 129 cm³/mol. The van der Waals surface area contributed by atoms with Crippen LogP contribution in [0.25, 0.3) is 6.08 Å². The van der Waals surface area contributed by atoms with Crippen molar-refractivity contribution < 1.29 is 24.2 Å². The number of halogens is 2. The van der Waals surface area contributed by atoms with Crippen LogP contribution in [0.1, 0.15) is 21.5 Å². The molecule has 0 atom stereocenters. The van der Waals surface area contributed by atoms with Gasteiger partial charge in [-0.1, -0.05) is 41.4 Å². The normalized spacial score (nSPS) is 10.8. The van der Waals surface area contributed by atoms with Crippen molar-refractivity contribution in [2.75, 3.05) is 12.4 Å². The fraction of sp³-hybridized carbons (Fsp3) is 0.0800. The minimum atomic E-state index is -1.00. The van der Waals surface area contributed by atoms with Crippen LogP contribution >= 0.6 is 23.2 Å².